The van der Waals surface area contributed by atoms with E-state index in [4.69, 9.17) is 4.74 Å². The number of nitrogens with one attached hydrogen (secondary N) is 2. The lowest BCUT2D eigenvalue weighted by Gasteiger charge is -2.28. The summed E-state index contributed by atoms with van der Waals surface area (Å²) in [6, 6.07) is 7.43. The molecule has 1 aromatic rings. The molecule has 0 bridgehead atoms. The van der Waals surface area contributed by atoms with Gasteiger partial charge in [0, 0.05) is 5.69 Å². The smallest absolute Gasteiger partial charge is 0.241 e. The number of benzene rings is 1. The summed E-state index contributed by atoms with van der Waals surface area (Å²) in [5.74, 6) is 1.25. The summed E-state index contributed by atoms with van der Waals surface area (Å²) in [6.07, 6.45) is 2.40. The summed E-state index contributed by atoms with van der Waals surface area (Å²) in [6.45, 7) is 7.03. The quantitative estimate of drug-likeness (QED) is 0.889. The fourth-order valence-corrected chi connectivity index (χ4v) is 2.51. The molecule has 1 saturated heterocycles. The second kappa shape index (κ2) is 6.75. The van der Waals surface area contributed by atoms with Gasteiger partial charge >= 0.3 is 0 Å². The van der Waals surface area contributed by atoms with Gasteiger partial charge in [-0.05, 0) is 63.4 Å². The van der Waals surface area contributed by atoms with Gasteiger partial charge in [0.15, 0.2) is 0 Å². The van der Waals surface area contributed by atoms with E-state index in [0.717, 1.165) is 30.8 Å². The third-order valence-corrected chi connectivity index (χ3v) is 3.55. The Morgan fingerprint density at radius 2 is 2.05 bits per heavy atom. The fourth-order valence-electron chi connectivity index (χ4n) is 2.51. The normalized spacial score (nSPS) is 22.6. The van der Waals surface area contributed by atoms with Gasteiger partial charge in [-0.2, -0.15) is 0 Å². The molecule has 0 radical (unpaired) electrons. The van der Waals surface area contributed by atoms with Gasteiger partial charge < -0.3 is 15.4 Å². The molecule has 1 aromatic carbocycles. The third kappa shape index (κ3) is 3.97. The van der Waals surface area contributed by atoms with E-state index in [1.165, 1.54) is 0 Å². The zero-order chi connectivity index (χ0) is 14.5. The minimum atomic E-state index is -0.0876. The van der Waals surface area contributed by atoms with Crippen molar-refractivity contribution in [2.45, 2.75) is 45.8 Å². The number of amides is 1. The van der Waals surface area contributed by atoms with E-state index in [2.05, 4.69) is 17.6 Å². The van der Waals surface area contributed by atoms with Crippen LogP contribution < -0.4 is 15.4 Å². The van der Waals surface area contributed by atoms with E-state index < -0.39 is 0 Å². The van der Waals surface area contributed by atoms with Crippen molar-refractivity contribution in [1.29, 1.82) is 0 Å². The van der Waals surface area contributed by atoms with E-state index >= 15 is 0 Å². The number of rotatable bonds is 4. The van der Waals surface area contributed by atoms with Crippen molar-refractivity contribution >= 4 is 11.6 Å². The average molecular weight is 276 g/mol. The molecule has 1 fully saturated rings. The molecule has 4 heteroatoms. The lowest BCUT2D eigenvalue weighted by Crippen LogP contribution is -2.48. The summed E-state index contributed by atoms with van der Waals surface area (Å²) in [5.41, 5.74) is 0.811. The van der Waals surface area contributed by atoms with E-state index in [9.17, 15) is 4.79 Å². The molecule has 2 atom stereocenters. The van der Waals surface area contributed by atoms with Crippen molar-refractivity contribution < 1.29 is 9.53 Å². The summed E-state index contributed by atoms with van der Waals surface area (Å²) in [7, 11) is 0. The second-order valence-electron chi connectivity index (χ2n) is 5.73. The minimum Gasteiger partial charge on any atom is -0.491 e. The average Bonchev–Trinajstić information content (AvgIpc) is 2.41. The van der Waals surface area contributed by atoms with Crippen LogP contribution in [0.3, 0.4) is 0 Å². The number of hydrogen-bond donors (Lipinski definition) is 2. The molecule has 0 aliphatic carbocycles. The monoisotopic (exact) mass is 276 g/mol. The van der Waals surface area contributed by atoms with Crippen molar-refractivity contribution in [3.8, 4) is 5.75 Å². The molecule has 2 N–H and O–H groups in total. The molecule has 0 aromatic heterocycles. The van der Waals surface area contributed by atoms with Crippen LogP contribution in [0.5, 0.6) is 5.75 Å². The first-order valence-corrected chi connectivity index (χ1v) is 7.37. The van der Waals surface area contributed by atoms with Gasteiger partial charge in [0.25, 0.3) is 0 Å². The van der Waals surface area contributed by atoms with Gasteiger partial charge in [-0.3, -0.25) is 4.79 Å². The van der Waals surface area contributed by atoms with Crippen molar-refractivity contribution in [3.63, 3.8) is 0 Å². The van der Waals surface area contributed by atoms with Crippen molar-refractivity contribution in [3.05, 3.63) is 24.3 Å². The highest BCUT2D eigenvalue weighted by molar-refractivity contribution is 5.95. The van der Waals surface area contributed by atoms with Crippen LogP contribution in [0, 0.1) is 5.92 Å². The van der Waals surface area contributed by atoms with Crippen LogP contribution in [0.15, 0.2) is 24.3 Å². The topological polar surface area (TPSA) is 50.4 Å². The molecule has 20 heavy (non-hydrogen) atoms. The SMILES string of the molecule is CC(C)Oc1ccc(NC(=O)C2NCCCC2C)cc1. The molecule has 1 aliphatic rings. The molecule has 0 saturated carbocycles. The molecule has 0 spiro atoms. The summed E-state index contributed by atoms with van der Waals surface area (Å²) in [4.78, 5) is 12.2. The molecular formula is C16H24N2O2. The molecule has 2 rings (SSSR count). The van der Waals surface area contributed by atoms with Crippen molar-refractivity contribution in [1.82, 2.24) is 5.32 Å². The van der Waals surface area contributed by atoms with Crippen LogP contribution >= 0.6 is 0 Å². The largest absolute Gasteiger partial charge is 0.491 e. The highest BCUT2D eigenvalue weighted by Gasteiger charge is 2.27. The molecule has 4 nitrogen and oxygen atoms in total. The first kappa shape index (κ1) is 14.9. The van der Waals surface area contributed by atoms with Crippen LogP contribution in [-0.4, -0.2) is 24.6 Å². The third-order valence-electron chi connectivity index (χ3n) is 3.55. The standard InChI is InChI=1S/C16H24N2O2/c1-11(2)20-14-8-6-13(7-9-14)18-16(19)15-12(3)5-4-10-17-15/h6-9,11-12,15,17H,4-5,10H2,1-3H3,(H,18,19). The second-order valence-corrected chi connectivity index (χ2v) is 5.73. The first-order chi connectivity index (χ1) is 9.56. The summed E-state index contributed by atoms with van der Waals surface area (Å²) in [5, 5.41) is 6.26. The number of carbonyl (C=O) groups is 1. The van der Waals surface area contributed by atoms with Gasteiger partial charge in [-0.1, -0.05) is 6.92 Å². The van der Waals surface area contributed by atoms with Gasteiger partial charge in [0.1, 0.15) is 5.75 Å². The van der Waals surface area contributed by atoms with E-state index in [1.54, 1.807) is 0 Å². The maximum absolute atomic E-state index is 12.2. The van der Waals surface area contributed by atoms with Crippen LogP contribution in [0.4, 0.5) is 5.69 Å². The Morgan fingerprint density at radius 1 is 1.35 bits per heavy atom. The van der Waals surface area contributed by atoms with Gasteiger partial charge in [0.05, 0.1) is 12.1 Å². The van der Waals surface area contributed by atoms with Crippen molar-refractivity contribution in [2.24, 2.45) is 5.92 Å². The predicted molar refractivity (Wildman–Crippen MR) is 81.0 cm³/mol. The molecule has 1 heterocycles. The Balaban J connectivity index is 1.93. The van der Waals surface area contributed by atoms with Gasteiger partial charge in [0.2, 0.25) is 5.91 Å². The highest BCUT2D eigenvalue weighted by Crippen LogP contribution is 2.20. The molecule has 2 unspecified atom stereocenters. The Bertz CT molecular complexity index is 442. The molecule has 1 aliphatic heterocycles. The van der Waals surface area contributed by atoms with E-state index in [-0.39, 0.29) is 18.1 Å². The maximum atomic E-state index is 12.2. The number of carbonyl (C=O) groups excluding carboxylic acids is 1. The fraction of sp³-hybridized carbons (Fsp3) is 0.562. The number of ether oxygens (including phenoxy) is 1. The summed E-state index contributed by atoms with van der Waals surface area (Å²) >= 11 is 0. The van der Waals surface area contributed by atoms with Gasteiger partial charge in [-0.15, -0.1) is 0 Å². The van der Waals surface area contributed by atoms with Crippen LogP contribution in [0.1, 0.15) is 33.6 Å². The lowest BCUT2D eigenvalue weighted by atomic mass is 9.92. The number of hydrogen-bond acceptors (Lipinski definition) is 3. The van der Waals surface area contributed by atoms with E-state index in [1.807, 2.05) is 38.1 Å². The maximum Gasteiger partial charge on any atom is 0.241 e. The molecule has 1 amide bonds. The zero-order valence-corrected chi connectivity index (χ0v) is 12.5. The Hall–Kier alpha value is -1.55. The minimum absolute atomic E-state index is 0.0507. The van der Waals surface area contributed by atoms with Crippen molar-refractivity contribution in [2.75, 3.05) is 11.9 Å². The van der Waals surface area contributed by atoms with Crippen LogP contribution in [0.25, 0.3) is 0 Å². The number of anilines is 1. The van der Waals surface area contributed by atoms with E-state index in [0.29, 0.717) is 5.92 Å². The molecule has 110 valence electrons. The number of piperidine rings is 1. The molecular weight excluding hydrogens is 252 g/mol. The van der Waals surface area contributed by atoms with Gasteiger partial charge in [-0.25, -0.2) is 0 Å². The Morgan fingerprint density at radius 3 is 2.65 bits per heavy atom. The Kier molecular flexibility index (Phi) is 5.01. The zero-order valence-electron chi connectivity index (χ0n) is 12.5. The van der Waals surface area contributed by atoms with Crippen LogP contribution in [-0.2, 0) is 4.79 Å². The lowest BCUT2D eigenvalue weighted by molar-refractivity contribution is -0.119. The first-order valence-electron chi connectivity index (χ1n) is 7.37. The predicted octanol–water partition coefficient (Wildman–Crippen LogP) is 2.80. The highest BCUT2D eigenvalue weighted by atomic mass is 16.5. The van der Waals surface area contributed by atoms with Crippen LogP contribution in [0.2, 0.25) is 0 Å². The Labute approximate surface area is 120 Å². The summed E-state index contributed by atoms with van der Waals surface area (Å²) < 4.78 is 5.58.